The molecule has 2 atom stereocenters. The molecule has 0 spiro atoms. The molecule has 2 fully saturated rings. The Morgan fingerprint density at radius 2 is 1.67 bits per heavy atom. The van der Waals surface area contributed by atoms with Crippen molar-refractivity contribution in [1.82, 2.24) is 29.8 Å². The van der Waals surface area contributed by atoms with Crippen molar-refractivity contribution in [2.75, 3.05) is 38.2 Å². The van der Waals surface area contributed by atoms with E-state index in [0.29, 0.717) is 37.5 Å². The summed E-state index contributed by atoms with van der Waals surface area (Å²) in [5.74, 6) is 0.0300. The molecule has 3 aromatic rings. The second-order valence-corrected chi connectivity index (χ2v) is 15.8. The molecule has 3 heterocycles. The number of nitrogens with zero attached hydrogens (tertiary/aromatic N) is 6. The Labute approximate surface area is 283 Å². The minimum Gasteiger partial charge on any atom is -0.467 e. The fraction of sp³-hybridized carbons (Fsp3) is 0.559. The van der Waals surface area contributed by atoms with E-state index in [0.717, 1.165) is 37.1 Å². The smallest absolute Gasteiger partial charge is 0.414 e. The molecule has 0 aliphatic carbocycles. The molecule has 14 heteroatoms. The Kier molecular flexibility index (Phi) is 10.6. The lowest BCUT2D eigenvalue weighted by Crippen LogP contribution is -2.45. The van der Waals surface area contributed by atoms with Crippen LogP contribution < -0.4 is 10.2 Å². The number of sulfonamides is 1. The summed E-state index contributed by atoms with van der Waals surface area (Å²) < 4.78 is 41.4. The van der Waals surface area contributed by atoms with E-state index in [4.69, 9.17) is 9.47 Å². The zero-order valence-electron chi connectivity index (χ0n) is 28.7. The van der Waals surface area contributed by atoms with Gasteiger partial charge in [0.25, 0.3) is 0 Å². The van der Waals surface area contributed by atoms with E-state index in [1.165, 1.54) is 16.1 Å². The van der Waals surface area contributed by atoms with Gasteiger partial charge in [-0.05, 0) is 120 Å². The highest BCUT2D eigenvalue weighted by molar-refractivity contribution is 7.89. The number of anilines is 1. The number of rotatable bonds is 10. The van der Waals surface area contributed by atoms with Gasteiger partial charge in [0.05, 0.1) is 18.0 Å². The predicted molar refractivity (Wildman–Crippen MR) is 180 cm³/mol. The zero-order chi connectivity index (χ0) is 34.7. The molecular weight excluding hydrogens is 634 g/mol. The van der Waals surface area contributed by atoms with Crippen molar-refractivity contribution in [2.45, 2.75) is 88.8 Å². The number of ether oxygens (including phenoxy) is 2. The van der Waals surface area contributed by atoms with Gasteiger partial charge in [0.1, 0.15) is 5.60 Å². The molecule has 48 heavy (non-hydrogen) atoms. The van der Waals surface area contributed by atoms with E-state index in [2.05, 4.69) is 20.8 Å². The van der Waals surface area contributed by atoms with Crippen LogP contribution in [0.5, 0.6) is 0 Å². The Morgan fingerprint density at radius 1 is 1.00 bits per heavy atom. The Bertz CT molecular complexity index is 1680. The number of hydrogen-bond acceptors (Lipinski definition) is 10. The highest BCUT2D eigenvalue weighted by Gasteiger charge is 2.45. The van der Waals surface area contributed by atoms with Crippen LogP contribution in [-0.2, 0) is 36.3 Å². The third-order valence-electron chi connectivity index (χ3n) is 9.03. The van der Waals surface area contributed by atoms with Crippen molar-refractivity contribution >= 4 is 27.8 Å². The van der Waals surface area contributed by atoms with Gasteiger partial charge in [-0.25, -0.2) is 22.7 Å². The third-order valence-corrected chi connectivity index (χ3v) is 10.9. The van der Waals surface area contributed by atoms with Crippen molar-refractivity contribution in [3.05, 3.63) is 65.5 Å². The summed E-state index contributed by atoms with van der Waals surface area (Å²) in [5.41, 5.74) is 0.365. The summed E-state index contributed by atoms with van der Waals surface area (Å²) in [6.07, 6.45) is 2.78. The maximum absolute atomic E-state index is 13.7. The molecule has 5 rings (SSSR count). The van der Waals surface area contributed by atoms with Crippen LogP contribution in [0.4, 0.5) is 10.5 Å². The molecule has 1 aromatic heterocycles. The molecule has 1 unspecified atom stereocenters. The molecule has 0 bridgehead atoms. The molecular formula is C34H47N7O6S. The Balaban J connectivity index is 1.43. The van der Waals surface area contributed by atoms with E-state index in [9.17, 15) is 18.0 Å². The van der Waals surface area contributed by atoms with Gasteiger partial charge in [0, 0.05) is 25.2 Å². The standard InChI is InChI=1S/C34H47N7O6S/c1-24-9-15-28(16-10-24)48(44,45)40-21-7-8-29(40)30-36-37-38-41(30)34(5,31(42)46-6)22-25-11-13-27(14-12-25)39(32(43)47-33(2,3)4)23-26-17-19-35-20-18-26/h9-16,26,29,35H,7-8,17-23H2,1-6H3/t29?,34-/m0/s1. The molecule has 2 saturated heterocycles. The van der Waals surface area contributed by atoms with Crippen LogP contribution >= 0.6 is 0 Å². The number of carbonyl (C=O) groups is 2. The summed E-state index contributed by atoms with van der Waals surface area (Å²) in [7, 11) is -2.56. The number of amides is 1. The van der Waals surface area contributed by atoms with Crippen molar-refractivity contribution in [1.29, 1.82) is 0 Å². The predicted octanol–water partition coefficient (Wildman–Crippen LogP) is 4.38. The molecule has 1 amide bonds. The Morgan fingerprint density at radius 3 is 2.29 bits per heavy atom. The van der Waals surface area contributed by atoms with Crippen molar-refractivity contribution in [3.63, 3.8) is 0 Å². The largest absolute Gasteiger partial charge is 0.467 e. The quantitative estimate of drug-likeness (QED) is 0.306. The minimum absolute atomic E-state index is 0.149. The van der Waals surface area contributed by atoms with Crippen LogP contribution in [0.15, 0.2) is 53.4 Å². The van der Waals surface area contributed by atoms with Gasteiger partial charge < -0.3 is 14.8 Å². The molecule has 13 nitrogen and oxygen atoms in total. The number of esters is 1. The van der Waals surface area contributed by atoms with Crippen LogP contribution in [0.1, 0.15) is 76.4 Å². The third kappa shape index (κ3) is 7.71. The second kappa shape index (κ2) is 14.3. The first-order valence-corrected chi connectivity index (χ1v) is 17.9. The fourth-order valence-corrected chi connectivity index (χ4v) is 8.11. The number of aromatic nitrogens is 4. The molecule has 0 radical (unpaired) electrons. The van der Waals surface area contributed by atoms with Gasteiger partial charge in [-0.15, -0.1) is 5.10 Å². The zero-order valence-corrected chi connectivity index (χ0v) is 29.5. The van der Waals surface area contributed by atoms with Gasteiger partial charge in [-0.3, -0.25) is 4.90 Å². The first-order valence-electron chi connectivity index (χ1n) is 16.5. The van der Waals surface area contributed by atoms with Gasteiger partial charge in [0.15, 0.2) is 11.4 Å². The van der Waals surface area contributed by atoms with Gasteiger partial charge in [0.2, 0.25) is 10.0 Å². The maximum Gasteiger partial charge on any atom is 0.414 e. The number of tetrazole rings is 1. The SMILES string of the molecule is COC(=O)[C@](C)(Cc1ccc(N(CC2CCNCC2)C(=O)OC(C)(C)C)cc1)n1nnnc1C1CCCN1S(=O)(=O)c1ccc(C)cc1. The molecule has 2 aliphatic heterocycles. The summed E-state index contributed by atoms with van der Waals surface area (Å²) in [6, 6.07) is 13.5. The molecule has 0 saturated carbocycles. The van der Waals surface area contributed by atoms with Crippen LogP contribution in [-0.4, -0.2) is 83.9 Å². The Hall–Kier alpha value is -3.88. The molecule has 2 aliphatic rings. The lowest BCUT2D eigenvalue weighted by molar-refractivity contribution is -0.151. The normalized spacial score (nSPS) is 19.1. The number of piperidine rings is 1. The van der Waals surface area contributed by atoms with E-state index in [-0.39, 0.29) is 17.1 Å². The van der Waals surface area contributed by atoms with E-state index >= 15 is 0 Å². The maximum atomic E-state index is 13.7. The number of hydrogen-bond donors (Lipinski definition) is 1. The van der Waals surface area contributed by atoms with Crippen molar-refractivity contribution in [3.8, 4) is 0 Å². The van der Waals surface area contributed by atoms with Gasteiger partial charge in [-0.1, -0.05) is 29.8 Å². The fourth-order valence-electron chi connectivity index (χ4n) is 6.45. The number of carbonyl (C=O) groups excluding carboxylic acids is 2. The van der Waals surface area contributed by atoms with Crippen LogP contribution in [0.2, 0.25) is 0 Å². The van der Waals surface area contributed by atoms with Crippen LogP contribution in [0.25, 0.3) is 0 Å². The lowest BCUT2D eigenvalue weighted by Gasteiger charge is -2.32. The average molecular weight is 682 g/mol. The summed E-state index contributed by atoms with van der Waals surface area (Å²) in [6.45, 7) is 11.8. The minimum atomic E-state index is -3.86. The van der Waals surface area contributed by atoms with Crippen molar-refractivity contribution < 1.29 is 27.5 Å². The van der Waals surface area contributed by atoms with Gasteiger partial charge in [-0.2, -0.15) is 4.31 Å². The van der Waals surface area contributed by atoms with Crippen LogP contribution in [0.3, 0.4) is 0 Å². The highest BCUT2D eigenvalue weighted by Crippen LogP contribution is 2.38. The first kappa shape index (κ1) is 35.4. The van der Waals surface area contributed by atoms with Crippen LogP contribution in [0, 0.1) is 12.8 Å². The van der Waals surface area contributed by atoms with E-state index in [1.54, 1.807) is 36.1 Å². The van der Waals surface area contributed by atoms with Crippen molar-refractivity contribution in [2.24, 2.45) is 5.92 Å². The number of nitrogens with one attached hydrogen (secondary N) is 1. The van der Waals surface area contributed by atoms with Gasteiger partial charge >= 0.3 is 12.1 Å². The summed E-state index contributed by atoms with van der Waals surface area (Å²) in [5, 5.41) is 15.8. The topological polar surface area (TPSA) is 149 Å². The summed E-state index contributed by atoms with van der Waals surface area (Å²) in [4.78, 5) is 28.7. The monoisotopic (exact) mass is 681 g/mol. The lowest BCUT2D eigenvalue weighted by atomic mass is 9.92. The second-order valence-electron chi connectivity index (χ2n) is 13.9. The summed E-state index contributed by atoms with van der Waals surface area (Å²) >= 11 is 0. The molecule has 1 N–H and O–H groups in total. The number of methoxy groups -OCH3 is 1. The number of aryl methyl sites for hydroxylation is 1. The molecule has 260 valence electrons. The van der Waals surface area contributed by atoms with E-state index < -0.39 is 39.3 Å². The first-order chi connectivity index (χ1) is 22.7. The number of benzene rings is 2. The average Bonchev–Trinajstić information content (AvgIpc) is 3.74. The highest BCUT2D eigenvalue weighted by atomic mass is 32.2. The van der Waals surface area contributed by atoms with E-state index in [1.807, 2.05) is 52.0 Å². The molecule has 2 aromatic carbocycles.